The van der Waals surface area contributed by atoms with E-state index in [1.807, 2.05) is 0 Å². The first-order valence-corrected chi connectivity index (χ1v) is 10.6. The molecule has 3 rings (SSSR count). The lowest BCUT2D eigenvalue weighted by Gasteiger charge is -2.32. The van der Waals surface area contributed by atoms with Crippen molar-refractivity contribution in [1.82, 2.24) is 0 Å². The van der Waals surface area contributed by atoms with Crippen LogP contribution in [0.5, 0.6) is 5.75 Å². The number of aromatic hydroxyl groups is 1. The summed E-state index contributed by atoms with van der Waals surface area (Å²) in [6, 6.07) is 3.12. The number of anilines is 1. The van der Waals surface area contributed by atoms with Crippen LogP contribution in [0.4, 0.5) is 23.2 Å². The number of halogens is 7. The number of allylic oxidation sites excluding steroid dienone is 3. The van der Waals surface area contributed by atoms with Crippen molar-refractivity contribution < 1.29 is 27.4 Å². The highest BCUT2D eigenvalue weighted by Gasteiger charge is 2.31. The van der Waals surface area contributed by atoms with Gasteiger partial charge in [0.25, 0.3) is 0 Å². The summed E-state index contributed by atoms with van der Waals surface area (Å²) in [6.07, 6.45) is 1.48. The van der Waals surface area contributed by atoms with Crippen LogP contribution in [-0.4, -0.2) is 5.11 Å². The van der Waals surface area contributed by atoms with Gasteiger partial charge >= 0.3 is 0 Å². The average molecular weight is 614 g/mol. The summed E-state index contributed by atoms with van der Waals surface area (Å²) in [5.74, 6) is -3.88. The zero-order chi connectivity index (χ0) is 22.3. The molecule has 0 saturated heterocycles. The third kappa shape index (κ3) is 4.04. The van der Waals surface area contributed by atoms with Crippen LogP contribution in [-0.2, 0) is 11.3 Å². The molecule has 2 aromatic rings. The van der Waals surface area contributed by atoms with Crippen molar-refractivity contribution >= 4 is 53.5 Å². The number of benzene rings is 2. The molecular weight excluding hydrogens is 602 g/mol. The molecule has 1 heterocycles. The first-order valence-electron chi connectivity index (χ1n) is 8.23. The van der Waals surface area contributed by atoms with Gasteiger partial charge in [-0.15, -0.1) is 0 Å². The number of rotatable bonds is 4. The van der Waals surface area contributed by atoms with Crippen LogP contribution in [0.15, 0.2) is 61.4 Å². The summed E-state index contributed by atoms with van der Waals surface area (Å²) in [6.45, 7) is 5.22. The number of ether oxygens (including phenoxy) is 1. The lowest BCUT2D eigenvalue weighted by Crippen LogP contribution is -2.26. The second-order valence-corrected chi connectivity index (χ2v) is 8.60. The Kier molecular flexibility index (Phi) is 6.69. The monoisotopic (exact) mass is 611 g/mol. The maximum Gasteiger partial charge on any atom is 0.168 e. The van der Waals surface area contributed by atoms with E-state index in [4.69, 9.17) is 4.74 Å². The van der Waals surface area contributed by atoms with Crippen LogP contribution in [0.1, 0.15) is 12.5 Å². The fourth-order valence-corrected chi connectivity index (χ4v) is 4.23. The molecule has 0 spiro atoms. The van der Waals surface area contributed by atoms with Crippen LogP contribution in [0.2, 0.25) is 0 Å². The minimum absolute atomic E-state index is 0.131. The largest absolute Gasteiger partial charge is 0.505 e. The van der Waals surface area contributed by atoms with E-state index in [1.54, 1.807) is 6.92 Å². The van der Waals surface area contributed by atoms with Gasteiger partial charge in [0.1, 0.15) is 35.4 Å². The van der Waals surface area contributed by atoms with Crippen molar-refractivity contribution in [2.24, 2.45) is 0 Å². The number of hydrogen-bond donors (Lipinski definition) is 1. The minimum Gasteiger partial charge on any atom is -0.505 e. The van der Waals surface area contributed by atoms with Gasteiger partial charge in [0.2, 0.25) is 0 Å². The third-order valence-corrected chi connectivity index (χ3v) is 6.57. The molecule has 0 saturated carbocycles. The first kappa shape index (κ1) is 22.9. The molecule has 2 aromatic carbocycles. The van der Waals surface area contributed by atoms with Gasteiger partial charge in [-0.05, 0) is 66.8 Å². The van der Waals surface area contributed by atoms with Gasteiger partial charge in [0, 0.05) is 23.4 Å². The van der Waals surface area contributed by atoms with Crippen molar-refractivity contribution in [2.75, 3.05) is 4.90 Å². The molecule has 0 aromatic heterocycles. The topological polar surface area (TPSA) is 32.7 Å². The number of phenolic OH excluding ortho intramolecular Hbond substituents is 1. The van der Waals surface area contributed by atoms with Gasteiger partial charge in [-0.2, -0.15) is 0 Å². The van der Waals surface area contributed by atoms with Crippen molar-refractivity contribution in [2.45, 2.75) is 13.5 Å². The maximum atomic E-state index is 14.8. The van der Waals surface area contributed by atoms with Crippen molar-refractivity contribution in [3.8, 4) is 5.75 Å². The molecule has 158 valence electrons. The lowest BCUT2D eigenvalue weighted by atomic mass is 10.1. The SMILES string of the molecule is C=C1C(Br)=C(OCc2ccc(F)cc2F)C=C(C)N1c1c(F)c(Br)c(O)c(Br)c1F. The molecule has 0 aliphatic carbocycles. The Morgan fingerprint density at radius 1 is 1.07 bits per heavy atom. The predicted molar refractivity (Wildman–Crippen MR) is 116 cm³/mol. The third-order valence-electron chi connectivity index (χ3n) is 4.27. The van der Waals surface area contributed by atoms with Crippen LogP contribution in [0.3, 0.4) is 0 Å². The van der Waals surface area contributed by atoms with E-state index in [2.05, 4.69) is 54.4 Å². The minimum atomic E-state index is -1.03. The van der Waals surface area contributed by atoms with Crippen LogP contribution >= 0.6 is 47.8 Å². The normalized spacial score (nSPS) is 14.3. The van der Waals surface area contributed by atoms with Crippen molar-refractivity contribution in [1.29, 1.82) is 0 Å². The zero-order valence-corrected chi connectivity index (χ0v) is 19.9. The van der Waals surface area contributed by atoms with Gasteiger partial charge < -0.3 is 14.7 Å². The van der Waals surface area contributed by atoms with Gasteiger partial charge in [0.15, 0.2) is 11.6 Å². The van der Waals surface area contributed by atoms with Crippen molar-refractivity contribution in [3.05, 3.63) is 90.3 Å². The Labute approximate surface area is 194 Å². The standard InChI is InChI=1S/C20H12Br3F4NO2/c1-8-5-13(30-7-10-3-4-11(24)6-12(10)25)14(21)9(2)28(8)19-17(26)15(22)20(29)16(23)18(19)27/h3-6,29H,2,7H2,1H3. The lowest BCUT2D eigenvalue weighted by molar-refractivity contribution is 0.205. The van der Waals surface area contributed by atoms with E-state index in [0.29, 0.717) is 5.70 Å². The second kappa shape index (κ2) is 8.76. The number of phenols is 1. The Bertz CT molecular complexity index is 1100. The Morgan fingerprint density at radius 2 is 1.67 bits per heavy atom. The molecule has 0 unspecified atom stereocenters. The smallest absolute Gasteiger partial charge is 0.168 e. The fraction of sp³-hybridized carbons (Fsp3) is 0.100. The molecule has 10 heteroatoms. The summed E-state index contributed by atoms with van der Waals surface area (Å²) in [5.41, 5.74) is 0.157. The van der Waals surface area contributed by atoms with E-state index >= 15 is 0 Å². The summed E-state index contributed by atoms with van der Waals surface area (Å²) >= 11 is 9.09. The quantitative estimate of drug-likeness (QED) is 0.286. The summed E-state index contributed by atoms with van der Waals surface area (Å²) in [5, 5.41) is 9.81. The first-order chi connectivity index (χ1) is 14.0. The number of hydrogen-bond acceptors (Lipinski definition) is 3. The maximum absolute atomic E-state index is 14.8. The molecule has 30 heavy (non-hydrogen) atoms. The van der Waals surface area contributed by atoms with Crippen LogP contribution in [0, 0.1) is 23.3 Å². The zero-order valence-electron chi connectivity index (χ0n) is 15.2. The average Bonchev–Trinajstić information content (AvgIpc) is 2.70. The van der Waals surface area contributed by atoms with Gasteiger partial charge in [-0.1, -0.05) is 6.58 Å². The Hall–Kier alpha value is -1.78. The van der Waals surface area contributed by atoms with E-state index in [9.17, 15) is 22.7 Å². The Morgan fingerprint density at radius 3 is 2.23 bits per heavy atom. The van der Waals surface area contributed by atoms with E-state index < -0.39 is 34.7 Å². The molecule has 1 N–H and O–H groups in total. The Balaban J connectivity index is 1.95. The van der Waals surface area contributed by atoms with Gasteiger partial charge in [-0.25, -0.2) is 17.6 Å². The molecule has 1 aliphatic rings. The van der Waals surface area contributed by atoms with Gasteiger partial charge in [-0.3, -0.25) is 0 Å². The van der Waals surface area contributed by atoms with Crippen molar-refractivity contribution in [3.63, 3.8) is 0 Å². The van der Waals surface area contributed by atoms with Crippen LogP contribution < -0.4 is 4.90 Å². The van der Waals surface area contributed by atoms with Crippen LogP contribution in [0.25, 0.3) is 0 Å². The molecule has 0 radical (unpaired) electrons. The van der Waals surface area contributed by atoms with E-state index in [0.717, 1.165) is 12.1 Å². The molecule has 0 amide bonds. The van der Waals surface area contributed by atoms with Gasteiger partial charge in [0.05, 0.1) is 19.1 Å². The molecular formula is C20H12Br3F4NO2. The summed E-state index contributed by atoms with van der Waals surface area (Å²) in [4.78, 5) is 1.20. The molecule has 0 atom stereocenters. The second-order valence-electron chi connectivity index (χ2n) is 6.22. The van der Waals surface area contributed by atoms with E-state index in [-0.39, 0.29) is 37.1 Å². The highest BCUT2D eigenvalue weighted by atomic mass is 79.9. The highest BCUT2D eigenvalue weighted by molar-refractivity contribution is 9.12. The summed E-state index contributed by atoms with van der Waals surface area (Å²) < 4.78 is 61.7. The fourth-order valence-electron chi connectivity index (χ4n) is 2.79. The molecule has 0 bridgehead atoms. The highest BCUT2D eigenvalue weighted by Crippen LogP contribution is 2.46. The van der Waals surface area contributed by atoms with E-state index in [1.165, 1.54) is 17.0 Å². The number of nitrogens with zero attached hydrogens (tertiary/aromatic N) is 1. The molecule has 1 aliphatic heterocycles. The molecule has 0 fully saturated rings. The summed E-state index contributed by atoms with van der Waals surface area (Å²) in [7, 11) is 0. The predicted octanol–water partition coefficient (Wildman–Crippen LogP) is 7.53. The molecule has 3 nitrogen and oxygen atoms in total.